The third-order valence-electron chi connectivity index (χ3n) is 2.16. The number of hydrogen-bond donors (Lipinski definition) is 4. The van der Waals surface area contributed by atoms with Crippen molar-refractivity contribution in [3.8, 4) is 0 Å². The highest BCUT2D eigenvalue weighted by molar-refractivity contribution is 5.94. The average Bonchev–Trinajstić information content (AvgIpc) is 2.88. The van der Waals surface area contributed by atoms with Crippen LogP contribution >= 0.6 is 0 Å². The lowest BCUT2D eigenvalue weighted by Gasteiger charge is -2.06. The Labute approximate surface area is 102 Å². The molecule has 2 heterocycles. The maximum atomic E-state index is 11.9. The van der Waals surface area contributed by atoms with Crippen LogP contribution in [0.2, 0.25) is 0 Å². The largest absolute Gasteiger partial charge is 0.345 e. The number of nitrogens with two attached hydrogens (primary N) is 1. The lowest BCUT2D eigenvalue weighted by atomic mass is 10.2. The fraction of sp³-hybridized carbons (Fsp3) is 0.222. The zero-order chi connectivity index (χ0) is 13.0. The summed E-state index contributed by atoms with van der Waals surface area (Å²) in [6.07, 6.45) is 0. The summed E-state index contributed by atoms with van der Waals surface area (Å²) >= 11 is 0. The van der Waals surface area contributed by atoms with Crippen molar-refractivity contribution in [3.05, 3.63) is 29.2 Å². The van der Waals surface area contributed by atoms with Gasteiger partial charge in [0.2, 0.25) is 0 Å². The number of aryl methyl sites for hydroxylation is 1. The second kappa shape index (κ2) is 5.19. The minimum Gasteiger partial charge on any atom is -0.345 e. The summed E-state index contributed by atoms with van der Waals surface area (Å²) in [5.74, 6) is 5.84. The molecule has 18 heavy (non-hydrogen) atoms. The van der Waals surface area contributed by atoms with Gasteiger partial charge in [0.1, 0.15) is 5.82 Å². The van der Waals surface area contributed by atoms with Crippen LogP contribution in [0.15, 0.2) is 12.1 Å². The molecule has 0 bridgehead atoms. The van der Waals surface area contributed by atoms with Gasteiger partial charge in [0.05, 0.1) is 6.54 Å². The van der Waals surface area contributed by atoms with Crippen LogP contribution in [0.4, 0.5) is 5.82 Å². The van der Waals surface area contributed by atoms with Gasteiger partial charge in [0.15, 0.2) is 5.82 Å². The minimum atomic E-state index is -0.262. The molecule has 9 nitrogen and oxygen atoms in total. The molecule has 0 spiro atoms. The summed E-state index contributed by atoms with van der Waals surface area (Å²) in [5.41, 5.74) is 3.55. The number of rotatable bonds is 4. The number of tetrazole rings is 1. The predicted octanol–water partition coefficient (Wildman–Crippen LogP) is -0.881. The Morgan fingerprint density at radius 1 is 1.50 bits per heavy atom. The van der Waals surface area contributed by atoms with Crippen molar-refractivity contribution in [1.82, 2.24) is 30.9 Å². The topological polar surface area (TPSA) is 134 Å². The Kier molecular flexibility index (Phi) is 3.44. The molecular weight excluding hydrogens is 236 g/mol. The Morgan fingerprint density at radius 3 is 3.00 bits per heavy atom. The molecule has 2 rings (SSSR count). The molecule has 0 radical (unpaired) electrons. The first-order chi connectivity index (χ1) is 8.69. The standard InChI is InChI=1S/C9H12N8O/c1-5-2-6(3-7(12-5)13-10)9(18)11-4-8-14-16-17-15-8/h2-3H,4,10H2,1H3,(H,11,18)(H,12,13)(H,14,15,16,17). The van der Waals surface area contributed by atoms with E-state index in [4.69, 9.17) is 5.84 Å². The fourth-order valence-electron chi connectivity index (χ4n) is 1.39. The number of carbonyl (C=O) groups is 1. The van der Waals surface area contributed by atoms with Gasteiger partial charge in [-0.1, -0.05) is 5.21 Å². The lowest BCUT2D eigenvalue weighted by Crippen LogP contribution is -2.24. The van der Waals surface area contributed by atoms with Gasteiger partial charge in [0.25, 0.3) is 5.91 Å². The van der Waals surface area contributed by atoms with E-state index in [1.54, 1.807) is 19.1 Å². The Morgan fingerprint density at radius 2 is 2.33 bits per heavy atom. The first-order valence-electron chi connectivity index (χ1n) is 5.15. The monoisotopic (exact) mass is 248 g/mol. The van der Waals surface area contributed by atoms with E-state index in [9.17, 15) is 4.79 Å². The number of amides is 1. The fourth-order valence-corrected chi connectivity index (χ4v) is 1.39. The molecule has 0 aliphatic heterocycles. The van der Waals surface area contributed by atoms with Crippen LogP contribution in [0.1, 0.15) is 21.9 Å². The van der Waals surface area contributed by atoms with Gasteiger partial charge in [-0.2, -0.15) is 5.21 Å². The summed E-state index contributed by atoms with van der Waals surface area (Å²) in [6.45, 7) is 1.97. The number of hydrogen-bond acceptors (Lipinski definition) is 7. The van der Waals surface area contributed by atoms with Crippen molar-refractivity contribution in [3.63, 3.8) is 0 Å². The molecule has 0 unspecified atom stereocenters. The SMILES string of the molecule is Cc1cc(C(=O)NCc2nn[nH]n2)cc(NN)n1. The number of aromatic nitrogens is 5. The first-order valence-corrected chi connectivity index (χ1v) is 5.15. The molecule has 0 fully saturated rings. The molecule has 0 saturated carbocycles. The molecular formula is C9H12N8O. The van der Waals surface area contributed by atoms with E-state index in [1.165, 1.54) is 0 Å². The highest BCUT2D eigenvalue weighted by Crippen LogP contribution is 2.09. The van der Waals surface area contributed by atoms with E-state index in [1.807, 2.05) is 0 Å². The van der Waals surface area contributed by atoms with Gasteiger partial charge in [-0.25, -0.2) is 10.8 Å². The number of anilines is 1. The van der Waals surface area contributed by atoms with Crippen molar-refractivity contribution in [2.24, 2.45) is 5.84 Å². The molecule has 0 atom stereocenters. The van der Waals surface area contributed by atoms with Crippen LogP contribution in [0.25, 0.3) is 0 Å². The molecule has 0 aromatic carbocycles. The van der Waals surface area contributed by atoms with Crippen LogP contribution in [-0.4, -0.2) is 31.5 Å². The molecule has 9 heteroatoms. The molecule has 94 valence electrons. The Hall–Kier alpha value is -2.55. The highest BCUT2D eigenvalue weighted by atomic mass is 16.1. The van der Waals surface area contributed by atoms with E-state index in [2.05, 4.69) is 36.4 Å². The highest BCUT2D eigenvalue weighted by Gasteiger charge is 2.09. The first kappa shape index (κ1) is 11.9. The van der Waals surface area contributed by atoms with E-state index < -0.39 is 0 Å². The summed E-state index contributed by atoms with van der Waals surface area (Å²) in [6, 6.07) is 3.21. The average molecular weight is 248 g/mol. The number of hydrazine groups is 1. The van der Waals surface area contributed by atoms with Crippen LogP contribution in [-0.2, 0) is 6.54 Å². The van der Waals surface area contributed by atoms with Crippen molar-refractivity contribution in [1.29, 1.82) is 0 Å². The summed E-state index contributed by atoms with van der Waals surface area (Å²) in [5, 5.41) is 15.8. The Bertz CT molecular complexity index is 538. The predicted molar refractivity (Wildman–Crippen MR) is 62.1 cm³/mol. The van der Waals surface area contributed by atoms with E-state index in [-0.39, 0.29) is 12.5 Å². The van der Waals surface area contributed by atoms with Crippen LogP contribution < -0.4 is 16.6 Å². The zero-order valence-corrected chi connectivity index (χ0v) is 9.64. The van der Waals surface area contributed by atoms with Gasteiger partial charge in [-0.05, 0) is 19.1 Å². The summed E-state index contributed by atoms with van der Waals surface area (Å²) in [4.78, 5) is 16.0. The van der Waals surface area contributed by atoms with Gasteiger partial charge >= 0.3 is 0 Å². The third-order valence-corrected chi connectivity index (χ3v) is 2.16. The van der Waals surface area contributed by atoms with Crippen molar-refractivity contribution in [2.75, 3.05) is 5.43 Å². The number of H-pyrrole nitrogens is 1. The smallest absolute Gasteiger partial charge is 0.251 e. The quantitative estimate of drug-likeness (QED) is 0.407. The lowest BCUT2D eigenvalue weighted by molar-refractivity contribution is 0.0949. The van der Waals surface area contributed by atoms with Gasteiger partial charge in [-0.15, -0.1) is 10.2 Å². The number of carbonyl (C=O) groups excluding carboxylic acids is 1. The number of nitrogens with one attached hydrogen (secondary N) is 3. The molecule has 2 aromatic heterocycles. The van der Waals surface area contributed by atoms with Crippen LogP contribution in [0.3, 0.4) is 0 Å². The van der Waals surface area contributed by atoms with Crippen molar-refractivity contribution < 1.29 is 4.79 Å². The van der Waals surface area contributed by atoms with E-state index in [0.717, 1.165) is 0 Å². The number of aromatic amines is 1. The van der Waals surface area contributed by atoms with E-state index >= 15 is 0 Å². The van der Waals surface area contributed by atoms with Gasteiger partial charge in [0, 0.05) is 11.3 Å². The van der Waals surface area contributed by atoms with Crippen LogP contribution in [0.5, 0.6) is 0 Å². The molecule has 5 N–H and O–H groups in total. The van der Waals surface area contributed by atoms with Gasteiger partial charge in [-0.3, -0.25) is 4.79 Å². The van der Waals surface area contributed by atoms with Gasteiger partial charge < -0.3 is 10.7 Å². The molecule has 0 saturated heterocycles. The summed E-state index contributed by atoms with van der Waals surface area (Å²) in [7, 11) is 0. The Balaban J connectivity index is 2.06. The summed E-state index contributed by atoms with van der Waals surface area (Å²) < 4.78 is 0. The maximum Gasteiger partial charge on any atom is 0.251 e. The second-order valence-corrected chi connectivity index (χ2v) is 3.54. The number of pyridine rings is 1. The van der Waals surface area contributed by atoms with Crippen molar-refractivity contribution in [2.45, 2.75) is 13.5 Å². The molecule has 2 aromatic rings. The zero-order valence-electron chi connectivity index (χ0n) is 9.64. The minimum absolute atomic E-state index is 0.197. The molecule has 1 amide bonds. The van der Waals surface area contributed by atoms with Crippen LogP contribution in [0, 0.1) is 6.92 Å². The number of nitrogen functional groups attached to an aromatic ring is 1. The number of nitrogens with zero attached hydrogens (tertiary/aromatic N) is 4. The molecule has 0 aliphatic carbocycles. The van der Waals surface area contributed by atoms with Crippen molar-refractivity contribution >= 4 is 11.7 Å². The maximum absolute atomic E-state index is 11.9. The molecule has 0 aliphatic rings. The third kappa shape index (κ3) is 2.77. The second-order valence-electron chi connectivity index (χ2n) is 3.54. The van der Waals surface area contributed by atoms with E-state index in [0.29, 0.717) is 22.9 Å². The normalized spacial score (nSPS) is 10.1.